The summed E-state index contributed by atoms with van der Waals surface area (Å²) in [6, 6.07) is 3.56. The van der Waals surface area contributed by atoms with Crippen LogP contribution in [-0.4, -0.2) is 12.8 Å². The summed E-state index contributed by atoms with van der Waals surface area (Å²) in [4.78, 5) is 0. The minimum atomic E-state index is 0.404. The Kier molecular flexibility index (Phi) is 6.01. The molecular formula is C11H17BrN2O. The first-order valence-electron chi connectivity index (χ1n) is 4.74. The number of nitrogens with one attached hydrogen (secondary N) is 1. The highest BCUT2D eigenvalue weighted by Gasteiger charge is 2.10. The molecule has 0 aromatic heterocycles. The Morgan fingerprint density at radius 2 is 1.93 bits per heavy atom. The zero-order valence-corrected chi connectivity index (χ0v) is 11.1. The summed E-state index contributed by atoms with van der Waals surface area (Å²) in [7, 11) is 1.56. The fourth-order valence-electron chi connectivity index (χ4n) is 1.16. The number of anilines is 1. The van der Waals surface area contributed by atoms with Gasteiger partial charge in [-0.25, -0.2) is 0 Å². The Balaban J connectivity index is 0.000000921. The first-order valence-corrected chi connectivity index (χ1v) is 5.54. The molecule has 0 aliphatic heterocycles. The molecule has 1 aromatic rings. The van der Waals surface area contributed by atoms with E-state index >= 15 is 0 Å². The van der Waals surface area contributed by atoms with Crippen molar-refractivity contribution in [1.82, 2.24) is 0 Å². The van der Waals surface area contributed by atoms with Gasteiger partial charge in [0.2, 0.25) is 0 Å². The third-order valence-corrected chi connectivity index (χ3v) is 2.15. The zero-order chi connectivity index (χ0) is 12.0. The molecular weight excluding hydrogens is 256 g/mol. The van der Waals surface area contributed by atoms with Gasteiger partial charge in [-0.05, 0) is 19.1 Å². The molecule has 3 N–H and O–H groups in total. The van der Waals surface area contributed by atoms with Crippen molar-refractivity contribution in [3.8, 4) is 5.75 Å². The van der Waals surface area contributed by atoms with E-state index in [0.29, 0.717) is 22.7 Å². The Morgan fingerprint density at radius 3 is 2.33 bits per heavy atom. The van der Waals surface area contributed by atoms with Gasteiger partial charge < -0.3 is 15.9 Å². The Bertz CT molecular complexity index is 351. The van der Waals surface area contributed by atoms with Gasteiger partial charge in [0.15, 0.2) is 0 Å². The smallest absolute Gasteiger partial charge is 0.131 e. The highest BCUT2D eigenvalue weighted by molar-refractivity contribution is 9.10. The Hall–Kier alpha value is -1.03. The molecule has 1 rings (SSSR count). The van der Waals surface area contributed by atoms with Gasteiger partial charge in [0.25, 0.3) is 0 Å². The SMILES string of the molecule is CC.COc1cc(Br)cc(N)c1C(C)=N. The van der Waals surface area contributed by atoms with Crippen LogP contribution in [0.2, 0.25) is 0 Å². The van der Waals surface area contributed by atoms with Crippen molar-refractivity contribution in [3.63, 3.8) is 0 Å². The third-order valence-electron chi connectivity index (χ3n) is 1.69. The number of rotatable bonds is 2. The molecule has 0 aliphatic carbocycles. The molecule has 1 aromatic carbocycles. The van der Waals surface area contributed by atoms with Crippen molar-refractivity contribution < 1.29 is 4.74 Å². The van der Waals surface area contributed by atoms with Crippen molar-refractivity contribution >= 4 is 27.3 Å². The van der Waals surface area contributed by atoms with Crippen molar-refractivity contribution in [1.29, 1.82) is 5.41 Å². The van der Waals surface area contributed by atoms with E-state index in [1.54, 1.807) is 26.2 Å². The molecule has 4 heteroatoms. The summed E-state index contributed by atoms with van der Waals surface area (Å²) in [5, 5.41) is 7.52. The molecule has 0 spiro atoms. The van der Waals surface area contributed by atoms with Gasteiger partial charge in [-0.15, -0.1) is 0 Å². The van der Waals surface area contributed by atoms with Crippen LogP contribution in [0.15, 0.2) is 16.6 Å². The lowest BCUT2D eigenvalue weighted by atomic mass is 10.1. The average Bonchev–Trinajstić information content (AvgIpc) is 2.18. The maximum atomic E-state index is 7.52. The molecule has 0 amide bonds. The maximum Gasteiger partial charge on any atom is 0.131 e. The van der Waals surface area contributed by atoms with Gasteiger partial charge in [-0.3, -0.25) is 0 Å². The topological polar surface area (TPSA) is 59.1 Å². The van der Waals surface area contributed by atoms with E-state index in [-0.39, 0.29) is 0 Å². The second kappa shape index (κ2) is 6.45. The highest BCUT2D eigenvalue weighted by atomic mass is 79.9. The normalized spacial score (nSPS) is 8.87. The molecule has 84 valence electrons. The second-order valence-electron chi connectivity index (χ2n) is 2.70. The lowest BCUT2D eigenvalue weighted by molar-refractivity contribution is 0.414. The number of methoxy groups -OCH3 is 1. The van der Waals surface area contributed by atoms with Gasteiger partial charge in [0, 0.05) is 15.9 Å². The number of hydrogen-bond acceptors (Lipinski definition) is 3. The van der Waals surface area contributed by atoms with Gasteiger partial charge in [-0.1, -0.05) is 29.8 Å². The molecule has 0 saturated heterocycles. The molecule has 0 aliphatic rings. The van der Waals surface area contributed by atoms with Crippen molar-refractivity contribution in [3.05, 3.63) is 22.2 Å². The molecule has 0 radical (unpaired) electrons. The summed E-state index contributed by atoms with van der Waals surface area (Å²) in [6.45, 7) is 5.68. The fourth-order valence-corrected chi connectivity index (χ4v) is 1.62. The van der Waals surface area contributed by atoms with Crippen LogP contribution in [0, 0.1) is 5.41 Å². The van der Waals surface area contributed by atoms with E-state index in [1.807, 2.05) is 13.8 Å². The summed E-state index contributed by atoms with van der Waals surface area (Å²) < 4.78 is 5.97. The number of halogens is 1. The van der Waals surface area contributed by atoms with Crippen LogP contribution in [0.3, 0.4) is 0 Å². The summed E-state index contributed by atoms with van der Waals surface area (Å²) in [5.74, 6) is 0.624. The van der Waals surface area contributed by atoms with Gasteiger partial charge >= 0.3 is 0 Å². The molecule has 0 unspecified atom stereocenters. The fraction of sp³-hybridized carbons (Fsp3) is 0.364. The van der Waals surface area contributed by atoms with Crippen LogP contribution in [0.25, 0.3) is 0 Å². The van der Waals surface area contributed by atoms with Gasteiger partial charge in [0.1, 0.15) is 5.75 Å². The van der Waals surface area contributed by atoms with Crippen LogP contribution >= 0.6 is 15.9 Å². The highest BCUT2D eigenvalue weighted by Crippen LogP contribution is 2.29. The first-order chi connectivity index (χ1) is 7.06. The lowest BCUT2D eigenvalue weighted by Gasteiger charge is -2.10. The predicted octanol–water partition coefficient (Wildman–Crippen LogP) is 3.45. The van der Waals surface area contributed by atoms with Crippen LogP contribution < -0.4 is 10.5 Å². The van der Waals surface area contributed by atoms with E-state index < -0.39 is 0 Å². The molecule has 3 nitrogen and oxygen atoms in total. The van der Waals surface area contributed by atoms with E-state index in [0.717, 1.165) is 4.47 Å². The van der Waals surface area contributed by atoms with E-state index in [9.17, 15) is 0 Å². The minimum absolute atomic E-state index is 0.404. The standard InChI is InChI=1S/C9H11BrN2O.C2H6/c1-5(11)9-7(12)3-6(10)4-8(9)13-2;1-2/h3-4,11H,12H2,1-2H3;1-2H3. The van der Waals surface area contributed by atoms with Crippen molar-refractivity contribution in [2.24, 2.45) is 0 Å². The molecule has 0 heterocycles. The van der Waals surface area contributed by atoms with Gasteiger partial charge in [-0.2, -0.15) is 0 Å². The Morgan fingerprint density at radius 1 is 1.40 bits per heavy atom. The number of nitrogen functional groups attached to an aromatic ring is 1. The summed E-state index contributed by atoms with van der Waals surface area (Å²) in [6.07, 6.45) is 0. The predicted molar refractivity (Wildman–Crippen MR) is 69.0 cm³/mol. The largest absolute Gasteiger partial charge is 0.496 e. The van der Waals surface area contributed by atoms with Crippen molar-refractivity contribution in [2.45, 2.75) is 20.8 Å². The van der Waals surface area contributed by atoms with Gasteiger partial charge in [0.05, 0.1) is 12.7 Å². The monoisotopic (exact) mass is 272 g/mol. The number of nitrogens with two attached hydrogens (primary N) is 1. The molecule has 15 heavy (non-hydrogen) atoms. The minimum Gasteiger partial charge on any atom is -0.496 e. The van der Waals surface area contributed by atoms with E-state index in [1.165, 1.54) is 0 Å². The van der Waals surface area contributed by atoms with Crippen LogP contribution in [0.1, 0.15) is 26.3 Å². The van der Waals surface area contributed by atoms with Crippen LogP contribution in [0.5, 0.6) is 5.75 Å². The molecule has 0 fully saturated rings. The number of hydrogen-bond donors (Lipinski definition) is 2. The number of ether oxygens (including phenoxy) is 1. The summed E-state index contributed by atoms with van der Waals surface area (Å²) >= 11 is 3.31. The van der Waals surface area contributed by atoms with Crippen LogP contribution in [-0.2, 0) is 0 Å². The number of benzene rings is 1. The van der Waals surface area contributed by atoms with E-state index in [2.05, 4.69) is 15.9 Å². The maximum absolute atomic E-state index is 7.52. The molecule has 0 saturated carbocycles. The quantitative estimate of drug-likeness (QED) is 0.640. The zero-order valence-electron chi connectivity index (χ0n) is 9.52. The lowest BCUT2D eigenvalue weighted by Crippen LogP contribution is -2.03. The van der Waals surface area contributed by atoms with E-state index in [4.69, 9.17) is 15.9 Å². The average molecular weight is 273 g/mol. The Labute approximate surface area is 99.3 Å². The summed E-state index contributed by atoms with van der Waals surface area (Å²) in [5.41, 5.74) is 7.36. The molecule has 0 atom stereocenters. The molecule has 0 bridgehead atoms. The second-order valence-corrected chi connectivity index (χ2v) is 3.61. The van der Waals surface area contributed by atoms with Crippen LogP contribution in [0.4, 0.5) is 5.69 Å². The first kappa shape index (κ1) is 14.0. The third kappa shape index (κ3) is 3.55. The van der Waals surface area contributed by atoms with Crippen molar-refractivity contribution in [2.75, 3.05) is 12.8 Å².